The summed E-state index contributed by atoms with van der Waals surface area (Å²) in [6, 6.07) is 7.33. The summed E-state index contributed by atoms with van der Waals surface area (Å²) in [6.07, 6.45) is 4.35. The van der Waals surface area contributed by atoms with Crippen LogP contribution in [0.3, 0.4) is 0 Å². The maximum absolute atomic E-state index is 12.5. The van der Waals surface area contributed by atoms with Gasteiger partial charge in [0.2, 0.25) is 0 Å². The number of benzene rings is 1. The van der Waals surface area contributed by atoms with E-state index in [-0.39, 0.29) is 12.0 Å². The zero-order valence-electron chi connectivity index (χ0n) is 12.4. The van der Waals surface area contributed by atoms with Crippen molar-refractivity contribution in [2.75, 3.05) is 19.7 Å². The lowest BCUT2D eigenvalue weighted by Crippen LogP contribution is -2.30. The monoisotopic (exact) mass is 301 g/mol. The van der Waals surface area contributed by atoms with Gasteiger partial charge in [-0.05, 0) is 31.2 Å². The van der Waals surface area contributed by atoms with E-state index in [0.29, 0.717) is 25.3 Å². The van der Waals surface area contributed by atoms with E-state index in [0.717, 1.165) is 5.69 Å². The number of nitrogens with zero attached hydrogens (tertiary/aromatic N) is 3. The number of amides is 1. The van der Waals surface area contributed by atoms with Crippen LogP contribution in [0.1, 0.15) is 17.3 Å². The molecule has 0 saturated carbocycles. The average molecular weight is 301 g/mol. The zero-order chi connectivity index (χ0) is 15.5. The van der Waals surface area contributed by atoms with Crippen molar-refractivity contribution >= 4 is 5.91 Å². The Labute approximate surface area is 129 Å². The van der Waals surface area contributed by atoms with Crippen LogP contribution in [0.4, 0.5) is 0 Å². The quantitative estimate of drug-likeness (QED) is 0.918. The molecule has 1 N–H and O–H groups in total. The fraction of sp³-hybridized carbons (Fsp3) is 0.375. The molecule has 0 bridgehead atoms. The van der Waals surface area contributed by atoms with Crippen LogP contribution in [-0.2, 0) is 4.74 Å². The summed E-state index contributed by atoms with van der Waals surface area (Å²) in [5.74, 6) is -0.0848. The van der Waals surface area contributed by atoms with Crippen molar-refractivity contribution in [1.29, 1.82) is 0 Å². The molecule has 0 radical (unpaired) electrons. The van der Waals surface area contributed by atoms with Crippen molar-refractivity contribution in [2.24, 2.45) is 0 Å². The molecular formula is C16H19N3O3. The fourth-order valence-electron chi connectivity index (χ4n) is 2.67. The maximum Gasteiger partial charge on any atom is 0.254 e. The lowest BCUT2D eigenvalue weighted by Gasteiger charge is -2.16. The minimum Gasteiger partial charge on any atom is -0.388 e. The van der Waals surface area contributed by atoms with Gasteiger partial charge < -0.3 is 19.3 Å². The van der Waals surface area contributed by atoms with Crippen molar-refractivity contribution in [3.8, 4) is 5.69 Å². The molecule has 2 aromatic rings. The van der Waals surface area contributed by atoms with Crippen molar-refractivity contribution < 1.29 is 14.6 Å². The Morgan fingerprint density at radius 1 is 1.36 bits per heavy atom. The number of hydrogen-bond donors (Lipinski definition) is 1. The molecule has 2 atom stereocenters. The van der Waals surface area contributed by atoms with Crippen LogP contribution < -0.4 is 0 Å². The highest BCUT2D eigenvalue weighted by Crippen LogP contribution is 2.18. The summed E-state index contributed by atoms with van der Waals surface area (Å²) in [6.45, 7) is 3.15. The molecule has 6 heteroatoms. The van der Waals surface area contributed by atoms with Crippen molar-refractivity contribution in [3.05, 3.63) is 48.5 Å². The Balaban J connectivity index is 1.70. The lowest BCUT2D eigenvalue weighted by molar-refractivity contribution is -0.00237. The number of hydrogen-bond acceptors (Lipinski definition) is 4. The molecule has 0 spiro atoms. The van der Waals surface area contributed by atoms with E-state index in [1.807, 2.05) is 29.8 Å². The molecule has 22 heavy (non-hydrogen) atoms. The second kappa shape index (κ2) is 6.29. The Kier molecular flexibility index (Phi) is 4.22. The first-order chi connectivity index (χ1) is 10.7. The highest BCUT2D eigenvalue weighted by molar-refractivity contribution is 5.94. The van der Waals surface area contributed by atoms with E-state index in [4.69, 9.17) is 4.74 Å². The van der Waals surface area contributed by atoms with Crippen LogP contribution in [0.25, 0.3) is 5.69 Å². The number of β-amino-alcohol motifs (C(OH)–C–C–N with tert-alkyl or cyclic N) is 1. The standard InChI is InChI=1S/C16H19N3O3/c1-2-22-15-10-19(9-14(15)20)16(21)12-3-5-13(6-4-12)18-8-7-17-11-18/h3-8,11,14-15,20H,2,9-10H2,1H3/t14-,15-/m0/s1. The molecule has 116 valence electrons. The van der Waals surface area contributed by atoms with Gasteiger partial charge in [-0.2, -0.15) is 0 Å². The SMILES string of the molecule is CCO[C@H]1CN(C(=O)c2ccc(-n3ccnc3)cc2)C[C@@H]1O. The number of carbonyl (C=O) groups is 1. The molecule has 0 aliphatic carbocycles. The Bertz CT molecular complexity index is 625. The smallest absolute Gasteiger partial charge is 0.254 e. The van der Waals surface area contributed by atoms with Crippen LogP contribution in [0.5, 0.6) is 0 Å². The number of aliphatic hydroxyl groups excluding tert-OH is 1. The molecule has 2 heterocycles. The van der Waals surface area contributed by atoms with Crippen molar-refractivity contribution in [1.82, 2.24) is 14.5 Å². The van der Waals surface area contributed by atoms with Crippen molar-refractivity contribution in [3.63, 3.8) is 0 Å². The molecule has 0 unspecified atom stereocenters. The zero-order valence-corrected chi connectivity index (χ0v) is 12.4. The van der Waals surface area contributed by atoms with Gasteiger partial charge in [0.25, 0.3) is 5.91 Å². The summed E-state index contributed by atoms with van der Waals surface area (Å²) in [7, 11) is 0. The predicted octanol–water partition coefficient (Wildman–Crippen LogP) is 1.09. The second-order valence-corrected chi connectivity index (χ2v) is 5.29. The topological polar surface area (TPSA) is 67.6 Å². The summed E-state index contributed by atoms with van der Waals surface area (Å²) in [5, 5.41) is 9.93. The van der Waals surface area contributed by atoms with Gasteiger partial charge in [-0.1, -0.05) is 0 Å². The van der Waals surface area contributed by atoms with E-state index in [1.165, 1.54) is 0 Å². The molecular weight excluding hydrogens is 282 g/mol. The molecule has 1 amide bonds. The minimum atomic E-state index is -0.617. The third-order valence-electron chi connectivity index (χ3n) is 3.82. The van der Waals surface area contributed by atoms with Crippen LogP contribution in [0.2, 0.25) is 0 Å². The molecule has 1 aliphatic rings. The van der Waals surface area contributed by atoms with Gasteiger partial charge in [0.1, 0.15) is 6.10 Å². The molecule has 6 nitrogen and oxygen atoms in total. The Morgan fingerprint density at radius 3 is 2.77 bits per heavy atom. The summed E-state index contributed by atoms with van der Waals surface area (Å²) < 4.78 is 7.32. The first kappa shape index (κ1) is 14.7. The van der Waals surface area contributed by atoms with E-state index >= 15 is 0 Å². The van der Waals surface area contributed by atoms with Gasteiger partial charge >= 0.3 is 0 Å². The van der Waals surface area contributed by atoms with E-state index in [9.17, 15) is 9.90 Å². The predicted molar refractivity (Wildman–Crippen MR) is 80.9 cm³/mol. The normalized spacial score (nSPS) is 21.3. The van der Waals surface area contributed by atoms with Crippen LogP contribution >= 0.6 is 0 Å². The second-order valence-electron chi connectivity index (χ2n) is 5.29. The van der Waals surface area contributed by atoms with Gasteiger partial charge in [-0.15, -0.1) is 0 Å². The number of imidazole rings is 1. The van der Waals surface area contributed by atoms with E-state index in [1.54, 1.807) is 29.6 Å². The molecule has 3 rings (SSSR count). The highest BCUT2D eigenvalue weighted by atomic mass is 16.5. The highest BCUT2D eigenvalue weighted by Gasteiger charge is 2.34. The Morgan fingerprint density at radius 2 is 2.14 bits per heavy atom. The number of aromatic nitrogens is 2. The molecule has 1 aromatic heterocycles. The van der Waals surface area contributed by atoms with E-state index in [2.05, 4.69) is 4.98 Å². The third-order valence-corrected chi connectivity index (χ3v) is 3.82. The third kappa shape index (κ3) is 2.88. The summed E-state index contributed by atoms with van der Waals surface area (Å²) >= 11 is 0. The van der Waals surface area contributed by atoms with Crippen LogP contribution in [-0.4, -0.2) is 57.4 Å². The van der Waals surface area contributed by atoms with Crippen LogP contribution in [0.15, 0.2) is 43.0 Å². The van der Waals surface area contributed by atoms with Crippen LogP contribution in [0, 0.1) is 0 Å². The van der Waals surface area contributed by atoms with Gasteiger partial charge in [-0.25, -0.2) is 4.98 Å². The van der Waals surface area contributed by atoms with Gasteiger partial charge in [0.15, 0.2) is 0 Å². The van der Waals surface area contributed by atoms with Gasteiger partial charge in [0, 0.05) is 43.3 Å². The Hall–Kier alpha value is -2.18. The molecule has 1 aliphatic heterocycles. The van der Waals surface area contributed by atoms with Gasteiger partial charge in [0.05, 0.1) is 12.4 Å². The molecule has 1 saturated heterocycles. The molecule has 1 aromatic carbocycles. The number of ether oxygens (including phenoxy) is 1. The van der Waals surface area contributed by atoms with E-state index < -0.39 is 6.10 Å². The number of rotatable bonds is 4. The first-order valence-corrected chi connectivity index (χ1v) is 7.36. The maximum atomic E-state index is 12.5. The summed E-state index contributed by atoms with van der Waals surface area (Å²) in [5.41, 5.74) is 1.55. The number of carbonyl (C=O) groups excluding carboxylic acids is 1. The van der Waals surface area contributed by atoms with Gasteiger partial charge in [-0.3, -0.25) is 4.79 Å². The fourth-order valence-corrected chi connectivity index (χ4v) is 2.67. The largest absolute Gasteiger partial charge is 0.388 e. The average Bonchev–Trinajstić information content (AvgIpc) is 3.18. The summed E-state index contributed by atoms with van der Waals surface area (Å²) in [4.78, 5) is 18.1. The lowest BCUT2D eigenvalue weighted by atomic mass is 10.2. The number of likely N-dealkylation sites (tertiary alicyclic amines) is 1. The minimum absolute atomic E-state index is 0.0848. The van der Waals surface area contributed by atoms with Crippen molar-refractivity contribution in [2.45, 2.75) is 19.1 Å². The first-order valence-electron chi connectivity index (χ1n) is 7.36. The number of aliphatic hydroxyl groups is 1. The molecule has 1 fully saturated rings.